The number of primary amides is 1. The van der Waals surface area contributed by atoms with E-state index >= 15 is 0 Å². The van der Waals surface area contributed by atoms with Gasteiger partial charge in [0.1, 0.15) is 0 Å². The minimum Gasteiger partial charge on any atom is -0.370 e. The van der Waals surface area contributed by atoms with Crippen LogP contribution in [-0.2, 0) is 11.3 Å². The van der Waals surface area contributed by atoms with Gasteiger partial charge in [0, 0.05) is 24.2 Å². The Kier molecular flexibility index (Phi) is 4.88. The van der Waals surface area contributed by atoms with Crippen LogP contribution >= 0.6 is 0 Å². The predicted octanol–water partition coefficient (Wildman–Crippen LogP) is 0.921. The maximum Gasteiger partial charge on any atom is 0.319 e. The summed E-state index contributed by atoms with van der Waals surface area (Å²) in [6.07, 6.45) is 0.0759. The smallest absolute Gasteiger partial charge is 0.319 e. The maximum absolute atomic E-state index is 11.8. The fraction of sp³-hybridized carbons (Fsp3) is 0.385. The summed E-state index contributed by atoms with van der Waals surface area (Å²) in [5.74, 6) is -0.461. The van der Waals surface area contributed by atoms with Gasteiger partial charge in [-0.25, -0.2) is 4.79 Å². The molecule has 0 saturated carbocycles. The molecule has 0 bridgehead atoms. The molecule has 6 N–H and O–H groups in total. The summed E-state index contributed by atoms with van der Waals surface area (Å²) in [6.45, 7) is 3.92. The lowest BCUT2D eigenvalue weighted by Gasteiger charge is -2.24. The number of carbonyl (C=O) groups is 2. The van der Waals surface area contributed by atoms with Crippen molar-refractivity contribution in [2.24, 2.45) is 11.5 Å². The van der Waals surface area contributed by atoms with Gasteiger partial charge in [-0.05, 0) is 31.5 Å². The third-order valence-corrected chi connectivity index (χ3v) is 2.52. The standard InChI is InChI=1S/C13H20N4O2/c1-13(2,7-11(15)18)17-12(19)16-10-5-3-9(8-14)4-6-10/h3-6H,7-8,14H2,1-2H3,(H2,15,18)(H2,16,17,19). The molecular weight excluding hydrogens is 244 g/mol. The molecule has 1 rings (SSSR count). The molecule has 104 valence electrons. The molecule has 1 aromatic rings. The van der Waals surface area contributed by atoms with Gasteiger partial charge in [0.15, 0.2) is 0 Å². The van der Waals surface area contributed by atoms with Crippen LogP contribution < -0.4 is 22.1 Å². The van der Waals surface area contributed by atoms with Gasteiger partial charge >= 0.3 is 6.03 Å². The predicted molar refractivity (Wildman–Crippen MR) is 74.4 cm³/mol. The van der Waals surface area contributed by atoms with Crippen LogP contribution in [0.4, 0.5) is 10.5 Å². The number of urea groups is 1. The van der Waals surface area contributed by atoms with Crippen molar-refractivity contribution in [2.45, 2.75) is 32.4 Å². The molecule has 6 nitrogen and oxygen atoms in total. The number of benzene rings is 1. The molecule has 0 saturated heterocycles. The van der Waals surface area contributed by atoms with Gasteiger partial charge in [0.2, 0.25) is 5.91 Å². The van der Waals surface area contributed by atoms with Crippen LogP contribution in [0.2, 0.25) is 0 Å². The largest absolute Gasteiger partial charge is 0.370 e. The molecule has 0 fully saturated rings. The van der Waals surface area contributed by atoms with Crippen molar-refractivity contribution >= 4 is 17.6 Å². The number of anilines is 1. The molecular formula is C13H20N4O2. The summed E-state index contributed by atoms with van der Waals surface area (Å²) in [7, 11) is 0. The van der Waals surface area contributed by atoms with Gasteiger partial charge in [0.05, 0.1) is 0 Å². The number of nitrogens with two attached hydrogens (primary N) is 2. The molecule has 3 amide bonds. The van der Waals surface area contributed by atoms with Gasteiger partial charge in [-0.2, -0.15) is 0 Å². The zero-order valence-electron chi connectivity index (χ0n) is 11.2. The van der Waals surface area contributed by atoms with Crippen LogP contribution in [-0.4, -0.2) is 17.5 Å². The number of rotatable bonds is 5. The van der Waals surface area contributed by atoms with Crippen LogP contribution in [0.15, 0.2) is 24.3 Å². The topological polar surface area (TPSA) is 110 Å². The Morgan fingerprint density at radius 2 is 1.79 bits per heavy atom. The summed E-state index contributed by atoms with van der Waals surface area (Å²) in [5.41, 5.74) is 11.6. The molecule has 1 aromatic carbocycles. The van der Waals surface area contributed by atoms with Gasteiger partial charge < -0.3 is 22.1 Å². The highest BCUT2D eigenvalue weighted by atomic mass is 16.2. The summed E-state index contributed by atoms with van der Waals surface area (Å²) in [5, 5.41) is 5.37. The van der Waals surface area contributed by atoms with Gasteiger partial charge in [-0.1, -0.05) is 12.1 Å². The Morgan fingerprint density at radius 3 is 2.26 bits per heavy atom. The van der Waals surface area contributed by atoms with E-state index in [-0.39, 0.29) is 12.5 Å². The van der Waals surface area contributed by atoms with E-state index in [0.29, 0.717) is 12.2 Å². The maximum atomic E-state index is 11.8. The van der Waals surface area contributed by atoms with Crippen molar-refractivity contribution in [3.8, 4) is 0 Å². The van der Waals surface area contributed by atoms with Crippen molar-refractivity contribution in [3.63, 3.8) is 0 Å². The third kappa shape index (κ3) is 5.39. The summed E-state index contributed by atoms with van der Waals surface area (Å²) in [6, 6.07) is 6.83. The summed E-state index contributed by atoms with van der Waals surface area (Å²) < 4.78 is 0. The first-order chi connectivity index (χ1) is 8.82. The lowest BCUT2D eigenvalue weighted by molar-refractivity contribution is -0.119. The molecule has 0 aliphatic rings. The minimum absolute atomic E-state index is 0.0759. The number of hydrogen-bond donors (Lipinski definition) is 4. The van der Waals surface area contributed by atoms with E-state index in [1.165, 1.54) is 0 Å². The van der Waals surface area contributed by atoms with E-state index in [0.717, 1.165) is 5.56 Å². The van der Waals surface area contributed by atoms with E-state index in [1.807, 2.05) is 12.1 Å². The zero-order valence-corrected chi connectivity index (χ0v) is 11.2. The molecule has 0 atom stereocenters. The van der Waals surface area contributed by atoms with E-state index < -0.39 is 11.4 Å². The molecule has 0 aromatic heterocycles. The normalized spacial score (nSPS) is 10.9. The Bertz CT molecular complexity index is 454. The van der Waals surface area contributed by atoms with Gasteiger partial charge in [-0.15, -0.1) is 0 Å². The average Bonchev–Trinajstić information content (AvgIpc) is 2.27. The fourth-order valence-corrected chi connectivity index (χ4v) is 1.67. The molecule has 0 unspecified atom stereocenters. The molecule has 0 spiro atoms. The molecule has 6 heteroatoms. The van der Waals surface area contributed by atoms with E-state index in [2.05, 4.69) is 10.6 Å². The first kappa shape index (κ1) is 15.0. The van der Waals surface area contributed by atoms with Crippen LogP contribution in [0.25, 0.3) is 0 Å². The van der Waals surface area contributed by atoms with Crippen molar-refractivity contribution in [1.82, 2.24) is 5.32 Å². The third-order valence-electron chi connectivity index (χ3n) is 2.52. The average molecular weight is 264 g/mol. The van der Waals surface area contributed by atoms with Gasteiger partial charge in [0.25, 0.3) is 0 Å². The van der Waals surface area contributed by atoms with E-state index in [9.17, 15) is 9.59 Å². The Hall–Kier alpha value is -2.08. The Morgan fingerprint density at radius 1 is 1.21 bits per heavy atom. The number of carbonyl (C=O) groups excluding carboxylic acids is 2. The van der Waals surface area contributed by atoms with Crippen LogP contribution in [0, 0.1) is 0 Å². The quantitative estimate of drug-likeness (QED) is 0.634. The van der Waals surface area contributed by atoms with Crippen molar-refractivity contribution in [3.05, 3.63) is 29.8 Å². The number of hydrogen-bond acceptors (Lipinski definition) is 3. The minimum atomic E-state index is -0.687. The van der Waals surface area contributed by atoms with Gasteiger partial charge in [-0.3, -0.25) is 4.79 Å². The van der Waals surface area contributed by atoms with Crippen molar-refractivity contribution < 1.29 is 9.59 Å². The lowest BCUT2D eigenvalue weighted by atomic mass is 10.0. The molecule has 19 heavy (non-hydrogen) atoms. The molecule has 0 aliphatic carbocycles. The zero-order chi connectivity index (χ0) is 14.5. The monoisotopic (exact) mass is 264 g/mol. The number of nitrogens with one attached hydrogen (secondary N) is 2. The number of amides is 3. The lowest BCUT2D eigenvalue weighted by Crippen LogP contribution is -2.47. The van der Waals surface area contributed by atoms with Crippen LogP contribution in [0.5, 0.6) is 0 Å². The fourth-order valence-electron chi connectivity index (χ4n) is 1.67. The highest BCUT2D eigenvalue weighted by Gasteiger charge is 2.22. The Labute approximate surface area is 112 Å². The van der Waals surface area contributed by atoms with Crippen LogP contribution in [0.3, 0.4) is 0 Å². The van der Waals surface area contributed by atoms with Crippen LogP contribution in [0.1, 0.15) is 25.8 Å². The highest BCUT2D eigenvalue weighted by molar-refractivity contribution is 5.90. The first-order valence-electron chi connectivity index (χ1n) is 5.99. The molecule has 0 radical (unpaired) electrons. The second-order valence-electron chi connectivity index (χ2n) is 5.01. The first-order valence-corrected chi connectivity index (χ1v) is 5.99. The second-order valence-corrected chi connectivity index (χ2v) is 5.01. The molecule has 0 heterocycles. The Balaban J connectivity index is 2.56. The van der Waals surface area contributed by atoms with Crippen molar-refractivity contribution in [1.29, 1.82) is 0 Å². The van der Waals surface area contributed by atoms with E-state index in [1.54, 1.807) is 26.0 Å². The van der Waals surface area contributed by atoms with E-state index in [4.69, 9.17) is 11.5 Å². The molecule has 0 aliphatic heterocycles. The highest BCUT2D eigenvalue weighted by Crippen LogP contribution is 2.11. The van der Waals surface area contributed by atoms with Crippen molar-refractivity contribution in [2.75, 3.05) is 5.32 Å². The summed E-state index contributed by atoms with van der Waals surface area (Å²) >= 11 is 0. The SMILES string of the molecule is CC(C)(CC(N)=O)NC(=O)Nc1ccc(CN)cc1. The second kappa shape index (κ2) is 6.19. The summed E-state index contributed by atoms with van der Waals surface area (Å²) in [4.78, 5) is 22.6.